The van der Waals surface area contributed by atoms with Gasteiger partial charge in [-0.1, -0.05) is 19.6 Å². The fraction of sp³-hybridized carbons (Fsp3) is 0.875. The van der Waals surface area contributed by atoms with Gasteiger partial charge in [0.2, 0.25) is 0 Å². The standard InChI is InChI=1S/C8H18O5Si/c1-14(2,3)8(13)7(12)6(11)5(10)4-9/h5-7,9-12H,4H2,1-3H3/t5-,6-,7+/m0/s1. The van der Waals surface area contributed by atoms with Crippen LogP contribution >= 0.6 is 0 Å². The zero-order valence-corrected chi connectivity index (χ0v) is 9.64. The van der Waals surface area contributed by atoms with Crippen molar-refractivity contribution in [3.63, 3.8) is 0 Å². The Balaban J connectivity index is 4.47. The Morgan fingerprint density at radius 1 is 1.21 bits per heavy atom. The molecule has 0 unspecified atom stereocenters. The van der Waals surface area contributed by atoms with Crippen LogP contribution in [0.5, 0.6) is 0 Å². The first-order valence-electron chi connectivity index (χ1n) is 4.41. The highest BCUT2D eigenvalue weighted by molar-refractivity contribution is 7.04. The average molecular weight is 222 g/mol. The second-order valence-corrected chi connectivity index (χ2v) is 9.29. The van der Waals surface area contributed by atoms with E-state index in [4.69, 9.17) is 10.2 Å². The summed E-state index contributed by atoms with van der Waals surface area (Å²) in [6.07, 6.45) is -4.70. The zero-order valence-electron chi connectivity index (χ0n) is 8.64. The van der Waals surface area contributed by atoms with Crippen LogP contribution in [0.25, 0.3) is 0 Å². The second kappa shape index (κ2) is 4.99. The molecule has 6 heteroatoms. The first kappa shape index (κ1) is 13.7. The molecule has 14 heavy (non-hydrogen) atoms. The molecule has 0 saturated heterocycles. The summed E-state index contributed by atoms with van der Waals surface area (Å²) in [6, 6.07) is 0. The van der Waals surface area contributed by atoms with Crippen molar-refractivity contribution in [2.24, 2.45) is 0 Å². The highest BCUT2D eigenvalue weighted by Gasteiger charge is 2.36. The largest absolute Gasteiger partial charge is 0.394 e. The van der Waals surface area contributed by atoms with E-state index >= 15 is 0 Å². The maximum Gasteiger partial charge on any atom is 0.141 e. The Bertz CT molecular complexity index is 200. The van der Waals surface area contributed by atoms with Crippen LogP contribution in [-0.2, 0) is 4.79 Å². The Labute approximate surface area is 84.0 Å². The summed E-state index contributed by atoms with van der Waals surface area (Å²) in [5.41, 5.74) is 0. The molecule has 0 heterocycles. The summed E-state index contributed by atoms with van der Waals surface area (Å²) in [5.74, 6) is 0. The Morgan fingerprint density at radius 2 is 1.64 bits per heavy atom. The van der Waals surface area contributed by atoms with Crippen molar-refractivity contribution in [1.29, 1.82) is 0 Å². The molecule has 0 aromatic rings. The topological polar surface area (TPSA) is 98.0 Å². The van der Waals surface area contributed by atoms with Gasteiger partial charge in [0.1, 0.15) is 31.8 Å². The van der Waals surface area contributed by atoms with Crippen molar-refractivity contribution in [2.75, 3.05) is 6.61 Å². The van der Waals surface area contributed by atoms with E-state index < -0.39 is 38.4 Å². The van der Waals surface area contributed by atoms with Crippen LogP contribution in [0.15, 0.2) is 0 Å². The predicted molar refractivity (Wildman–Crippen MR) is 53.5 cm³/mol. The van der Waals surface area contributed by atoms with E-state index in [1.54, 1.807) is 19.6 Å². The van der Waals surface area contributed by atoms with Gasteiger partial charge in [0.25, 0.3) is 0 Å². The molecule has 0 rings (SSSR count). The first-order chi connectivity index (χ1) is 6.21. The lowest BCUT2D eigenvalue weighted by Gasteiger charge is -2.25. The van der Waals surface area contributed by atoms with Gasteiger partial charge >= 0.3 is 0 Å². The Kier molecular flexibility index (Phi) is 4.89. The van der Waals surface area contributed by atoms with Crippen LogP contribution in [0.1, 0.15) is 0 Å². The lowest BCUT2D eigenvalue weighted by molar-refractivity contribution is -0.133. The van der Waals surface area contributed by atoms with Gasteiger partial charge in [0.05, 0.1) is 6.61 Å². The Morgan fingerprint density at radius 3 is 1.93 bits per heavy atom. The van der Waals surface area contributed by atoms with E-state index in [1.807, 2.05) is 0 Å². The van der Waals surface area contributed by atoms with Crippen LogP contribution in [0.3, 0.4) is 0 Å². The van der Waals surface area contributed by atoms with Crippen LogP contribution in [0.2, 0.25) is 19.6 Å². The molecule has 0 aromatic carbocycles. The summed E-state index contributed by atoms with van der Waals surface area (Å²) in [4.78, 5) is 11.5. The zero-order chi connectivity index (χ0) is 11.5. The summed E-state index contributed by atoms with van der Waals surface area (Å²) in [7, 11) is -2.19. The predicted octanol–water partition coefficient (Wildman–Crippen LogP) is -1.49. The van der Waals surface area contributed by atoms with E-state index in [-0.39, 0.29) is 0 Å². The fourth-order valence-electron chi connectivity index (χ4n) is 0.917. The average Bonchev–Trinajstić information content (AvgIpc) is 2.11. The van der Waals surface area contributed by atoms with Gasteiger partial charge in [-0.25, -0.2) is 0 Å². The number of hydrogen-bond donors (Lipinski definition) is 4. The summed E-state index contributed by atoms with van der Waals surface area (Å²) < 4.78 is 0. The lowest BCUT2D eigenvalue weighted by Crippen LogP contribution is -2.51. The third kappa shape index (κ3) is 3.47. The third-order valence-corrected chi connectivity index (χ3v) is 3.69. The van der Waals surface area contributed by atoms with Gasteiger partial charge in [-0.15, -0.1) is 0 Å². The van der Waals surface area contributed by atoms with Crippen LogP contribution in [0, 0.1) is 0 Å². The normalized spacial score (nSPS) is 18.8. The molecule has 0 radical (unpaired) electrons. The number of carbonyl (C=O) groups is 1. The fourth-order valence-corrected chi connectivity index (χ4v) is 1.98. The van der Waals surface area contributed by atoms with Crippen molar-refractivity contribution >= 4 is 13.5 Å². The number of aliphatic hydroxyl groups excluding tert-OH is 4. The quantitative estimate of drug-likeness (QED) is 0.425. The molecule has 0 amide bonds. The molecule has 5 nitrogen and oxygen atoms in total. The molecule has 0 aromatic heterocycles. The molecular formula is C8H18O5Si. The van der Waals surface area contributed by atoms with Gasteiger partial charge in [0.15, 0.2) is 0 Å². The molecule has 0 aliphatic rings. The SMILES string of the molecule is C[Si](C)(C)C(=O)[C@H](O)[C@@H](O)[C@@H](O)CO. The van der Waals surface area contributed by atoms with Gasteiger partial charge in [-0.3, -0.25) is 0 Å². The van der Waals surface area contributed by atoms with Crippen LogP contribution in [0.4, 0.5) is 0 Å². The second-order valence-electron chi connectivity index (χ2n) is 4.30. The molecule has 3 atom stereocenters. The number of hydrogen-bond acceptors (Lipinski definition) is 5. The van der Waals surface area contributed by atoms with Crippen molar-refractivity contribution in [3.05, 3.63) is 0 Å². The first-order valence-corrected chi connectivity index (χ1v) is 7.91. The van der Waals surface area contributed by atoms with E-state index in [9.17, 15) is 15.0 Å². The summed E-state index contributed by atoms with van der Waals surface area (Å²) >= 11 is 0. The maximum absolute atomic E-state index is 11.5. The number of aliphatic hydroxyl groups is 4. The van der Waals surface area contributed by atoms with E-state index in [0.717, 1.165) is 0 Å². The highest BCUT2D eigenvalue weighted by atomic mass is 28.3. The molecule has 0 aliphatic carbocycles. The van der Waals surface area contributed by atoms with Crippen molar-refractivity contribution in [3.8, 4) is 0 Å². The maximum atomic E-state index is 11.5. The molecule has 84 valence electrons. The van der Waals surface area contributed by atoms with E-state index in [0.29, 0.717) is 0 Å². The van der Waals surface area contributed by atoms with Gasteiger partial charge in [0, 0.05) is 0 Å². The minimum atomic E-state index is -2.19. The van der Waals surface area contributed by atoms with Gasteiger partial charge in [-0.05, 0) is 0 Å². The molecule has 0 fully saturated rings. The number of rotatable bonds is 5. The van der Waals surface area contributed by atoms with Gasteiger partial charge < -0.3 is 25.2 Å². The number of carbonyl (C=O) groups excluding carboxylic acids is 1. The molecule has 0 saturated carbocycles. The molecular weight excluding hydrogens is 204 g/mol. The van der Waals surface area contributed by atoms with E-state index in [2.05, 4.69) is 0 Å². The Hall–Kier alpha value is -0.273. The lowest BCUT2D eigenvalue weighted by atomic mass is 10.1. The molecule has 0 bridgehead atoms. The van der Waals surface area contributed by atoms with Crippen molar-refractivity contribution < 1.29 is 25.2 Å². The smallest absolute Gasteiger partial charge is 0.141 e. The summed E-state index contributed by atoms with van der Waals surface area (Å²) in [6.45, 7) is 4.51. The molecule has 0 aliphatic heterocycles. The van der Waals surface area contributed by atoms with Crippen molar-refractivity contribution in [2.45, 2.75) is 38.0 Å². The van der Waals surface area contributed by atoms with Crippen LogP contribution in [-0.4, -0.2) is 58.8 Å². The highest BCUT2D eigenvalue weighted by Crippen LogP contribution is 2.10. The summed E-state index contributed by atoms with van der Waals surface area (Å²) in [5, 5.41) is 35.7. The van der Waals surface area contributed by atoms with Gasteiger partial charge in [-0.2, -0.15) is 0 Å². The minimum absolute atomic E-state index is 0.433. The van der Waals surface area contributed by atoms with E-state index in [1.165, 1.54) is 0 Å². The monoisotopic (exact) mass is 222 g/mol. The van der Waals surface area contributed by atoms with Crippen LogP contribution < -0.4 is 0 Å². The third-order valence-electron chi connectivity index (χ3n) is 1.91. The molecule has 4 N–H and O–H groups in total. The molecule has 0 spiro atoms. The minimum Gasteiger partial charge on any atom is -0.394 e. The van der Waals surface area contributed by atoms with Crippen molar-refractivity contribution in [1.82, 2.24) is 0 Å².